The van der Waals surface area contributed by atoms with Gasteiger partial charge in [0.1, 0.15) is 5.84 Å². The van der Waals surface area contributed by atoms with Crippen LogP contribution in [0.25, 0.3) is 22.2 Å². The fraction of sp³-hybridized carbons (Fsp3) is 0.105. The predicted octanol–water partition coefficient (Wildman–Crippen LogP) is 4.42. The maximum absolute atomic E-state index is 7.60. The number of nitrogens with two attached hydrogens (primary N) is 1. The minimum absolute atomic E-state index is 0.125. The number of nitrogens with zero attached hydrogens (tertiary/aromatic N) is 1. The predicted molar refractivity (Wildman–Crippen MR) is 103 cm³/mol. The SMILES string of the molecule is CN(C)c1ccc(C=Cc2cccc3sc(C(=N)N)cc23)cc1. The molecule has 3 N–H and O–H groups in total. The van der Waals surface area contributed by atoms with Crippen molar-refractivity contribution in [2.45, 2.75) is 0 Å². The molecule has 1 heterocycles. The van der Waals surface area contributed by atoms with E-state index >= 15 is 0 Å². The summed E-state index contributed by atoms with van der Waals surface area (Å²) in [5, 5.41) is 8.74. The quantitative estimate of drug-likeness (QED) is 0.424. The van der Waals surface area contributed by atoms with E-state index in [4.69, 9.17) is 11.1 Å². The summed E-state index contributed by atoms with van der Waals surface area (Å²) >= 11 is 1.56. The molecule has 3 aromatic rings. The lowest BCUT2D eigenvalue weighted by Crippen LogP contribution is -2.08. The van der Waals surface area contributed by atoms with Gasteiger partial charge >= 0.3 is 0 Å². The lowest BCUT2D eigenvalue weighted by molar-refractivity contribution is 1.13. The smallest absolute Gasteiger partial charge is 0.133 e. The number of thiophene rings is 1. The molecule has 0 amide bonds. The number of anilines is 1. The summed E-state index contributed by atoms with van der Waals surface area (Å²) in [7, 11) is 4.07. The number of fused-ring (bicyclic) bond motifs is 1. The molecule has 3 nitrogen and oxygen atoms in total. The first-order valence-corrected chi connectivity index (χ1v) is 8.18. The van der Waals surface area contributed by atoms with Crippen molar-refractivity contribution in [3.8, 4) is 0 Å². The highest BCUT2D eigenvalue weighted by atomic mass is 32.1. The Morgan fingerprint density at radius 2 is 1.83 bits per heavy atom. The van der Waals surface area contributed by atoms with Crippen LogP contribution >= 0.6 is 11.3 Å². The van der Waals surface area contributed by atoms with Crippen LogP contribution in [-0.2, 0) is 0 Å². The van der Waals surface area contributed by atoms with Crippen LogP contribution in [-0.4, -0.2) is 19.9 Å². The van der Waals surface area contributed by atoms with Gasteiger partial charge in [-0.2, -0.15) is 0 Å². The fourth-order valence-electron chi connectivity index (χ4n) is 2.43. The molecule has 0 saturated carbocycles. The number of benzene rings is 2. The van der Waals surface area contributed by atoms with Gasteiger partial charge in [-0.15, -0.1) is 11.3 Å². The van der Waals surface area contributed by atoms with Crippen LogP contribution in [0.15, 0.2) is 48.5 Å². The topological polar surface area (TPSA) is 53.1 Å². The number of hydrogen-bond donors (Lipinski definition) is 2. The Labute approximate surface area is 140 Å². The number of hydrogen-bond acceptors (Lipinski definition) is 3. The molecule has 0 radical (unpaired) electrons. The summed E-state index contributed by atoms with van der Waals surface area (Å²) in [4.78, 5) is 2.90. The molecule has 0 atom stereocenters. The fourth-order valence-corrected chi connectivity index (χ4v) is 3.39. The van der Waals surface area contributed by atoms with Gasteiger partial charge in [0.15, 0.2) is 0 Å². The van der Waals surface area contributed by atoms with E-state index in [0.717, 1.165) is 26.1 Å². The normalized spacial score (nSPS) is 11.2. The van der Waals surface area contributed by atoms with E-state index in [2.05, 4.69) is 53.5 Å². The monoisotopic (exact) mass is 321 g/mol. The van der Waals surface area contributed by atoms with Crippen molar-refractivity contribution in [3.63, 3.8) is 0 Å². The van der Waals surface area contributed by atoms with Gasteiger partial charge in [0.2, 0.25) is 0 Å². The Bertz CT molecular complexity index is 873. The molecule has 0 unspecified atom stereocenters. The second kappa shape index (κ2) is 6.26. The lowest BCUT2D eigenvalue weighted by Gasteiger charge is -2.11. The third kappa shape index (κ3) is 3.27. The van der Waals surface area contributed by atoms with Crippen molar-refractivity contribution in [2.75, 3.05) is 19.0 Å². The van der Waals surface area contributed by atoms with Crippen LogP contribution in [0.1, 0.15) is 16.0 Å². The molecular weight excluding hydrogens is 302 g/mol. The number of rotatable bonds is 4. The Balaban J connectivity index is 1.92. The van der Waals surface area contributed by atoms with Crippen molar-refractivity contribution in [1.29, 1.82) is 5.41 Å². The van der Waals surface area contributed by atoms with Gasteiger partial charge in [-0.05, 0) is 35.4 Å². The van der Waals surface area contributed by atoms with E-state index < -0.39 is 0 Å². The van der Waals surface area contributed by atoms with Gasteiger partial charge in [0, 0.05) is 29.9 Å². The van der Waals surface area contributed by atoms with Gasteiger partial charge in [0.05, 0.1) is 4.88 Å². The first-order valence-electron chi connectivity index (χ1n) is 7.37. The maximum atomic E-state index is 7.60. The van der Waals surface area contributed by atoms with Gasteiger partial charge in [0.25, 0.3) is 0 Å². The van der Waals surface area contributed by atoms with E-state index in [9.17, 15) is 0 Å². The Hall–Kier alpha value is -2.59. The van der Waals surface area contributed by atoms with Crippen LogP contribution in [0, 0.1) is 5.41 Å². The first kappa shape index (κ1) is 15.3. The standard InChI is InChI=1S/C19H19N3S/c1-22(2)15-10-7-13(8-11-15)6-9-14-4-3-5-17-16(14)12-18(23-17)19(20)21/h3-12H,1-2H3,(H3,20,21). The van der Waals surface area contributed by atoms with Gasteiger partial charge in [-0.1, -0.05) is 36.4 Å². The number of amidine groups is 1. The third-order valence-corrected chi connectivity index (χ3v) is 4.86. The molecule has 23 heavy (non-hydrogen) atoms. The Morgan fingerprint density at radius 3 is 2.48 bits per heavy atom. The van der Waals surface area contributed by atoms with E-state index in [1.54, 1.807) is 11.3 Å². The van der Waals surface area contributed by atoms with Crippen LogP contribution in [0.5, 0.6) is 0 Å². The van der Waals surface area contributed by atoms with Gasteiger partial charge < -0.3 is 10.6 Å². The van der Waals surface area contributed by atoms with Crippen molar-refractivity contribution >= 4 is 45.1 Å². The molecule has 0 fully saturated rings. The van der Waals surface area contributed by atoms with Crippen LogP contribution < -0.4 is 10.6 Å². The first-order chi connectivity index (χ1) is 11.0. The highest BCUT2D eigenvalue weighted by Gasteiger charge is 2.06. The Morgan fingerprint density at radius 1 is 1.09 bits per heavy atom. The van der Waals surface area contributed by atoms with E-state index in [1.165, 1.54) is 5.69 Å². The van der Waals surface area contributed by atoms with Gasteiger partial charge in [-0.25, -0.2) is 0 Å². The molecule has 116 valence electrons. The summed E-state index contributed by atoms with van der Waals surface area (Å²) in [6.45, 7) is 0. The molecule has 0 spiro atoms. The Kier molecular flexibility index (Phi) is 4.17. The summed E-state index contributed by atoms with van der Waals surface area (Å²) in [5.74, 6) is 0.125. The molecule has 0 aliphatic heterocycles. The highest BCUT2D eigenvalue weighted by molar-refractivity contribution is 7.20. The molecule has 0 aliphatic rings. The third-order valence-electron chi connectivity index (χ3n) is 3.73. The summed E-state index contributed by atoms with van der Waals surface area (Å²) in [5.41, 5.74) is 9.09. The molecule has 3 rings (SSSR count). The summed E-state index contributed by atoms with van der Waals surface area (Å²) < 4.78 is 1.15. The lowest BCUT2D eigenvalue weighted by atomic mass is 10.1. The summed E-state index contributed by atoms with van der Waals surface area (Å²) in [6.07, 6.45) is 4.23. The average molecular weight is 321 g/mol. The molecule has 0 saturated heterocycles. The van der Waals surface area contributed by atoms with Gasteiger partial charge in [-0.3, -0.25) is 5.41 Å². The maximum Gasteiger partial charge on any atom is 0.133 e. The molecule has 0 bridgehead atoms. The minimum atomic E-state index is 0.125. The molecular formula is C19H19N3S. The zero-order valence-corrected chi connectivity index (χ0v) is 14.0. The summed E-state index contributed by atoms with van der Waals surface area (Å²) in [6, 6.07) is 16.6. The largest absolute Gasteiger partial charge is 0.383 e. The minimum Gasteiger partial charge on any atom is -0.383 e. The zero-order valence-electron chi connectivity index (χ0n) is 13.2. The van der Waals surface area contributed by atoms with Crippen molar-refractivity contribution in [3.05, 3.63) is 64.5 Å². The van der Waals surface area contributed by atoms with E-state index in [1.807, 2.05) is 26.2 Å². The second-order valence-corrected chi connectivity index (χ2v) is 6.69. The number of nitrogens with one attached hydrogen (secondary N) is 1. The van der Waals surface area contributed by atoms with E-state index in [0.29, 0.717) is 0 Å². The van der Waals surface area contributed by atoms with Crippen molar-refractivity contribution < 1.29 is 0 Å². The number of nitrogen functional groups attached to an aromatic ring is 1. The second-order valence-electron chi connectivity index (χ2n) is 5.60. The van der Waals surface area contributed by atoms with Crippen LogP contribution in [0.3, 0.4) is 0 Å². The molecule has 4 heteroatoms. The van der Waals surface area contributed by atoms with Crippen molar-refractivity contribution in [2.24, 2.45) is 5.73 Å². The molecule has 0 aliphatic carbocycles. The van der Waals surface area contributed by atoms with Crippen LogP contribution in [0.4, 0.5) is 5.69 Å². The molecule has 1 aromatic heterocycles. The zero-order chi connectivity index (χ0) is 16.4. The van der Waals surface area contributed by atoms with Crippen LogP contribution in [0.2, 0.25) is 0 Å². The molecule has 2 aromatic carbocycles. The highest BCUT2D eigenvalue weighted by Crippen LogP contribution is 2.29. The van der Waals surface area contributed by atoms with E-state index in [-0.39, 0.29) is 5.84 Å². The van der Waals surface area contributed by atoms with Crippen molar-refractivity contribution in [1.82, 2.24) is 0 Å². The average Bonchev–Trinajstić information content (AvgIpc) is 2.98.